The summed E-state index contributed by atoms with van der Waals surface area (Å²) >= 11 is 11.1. The van der Waals surface area contributed by atoms with Crippen molar-refractivity contribution in [1.29, 1.82) is 0 Å². The quantitative estimate of drug-likeness (QED) is 0.662. The van der Waals surface area contributed by atoms with Gasteiger partial charge in [0.05, 0.1) is 0 Å². The summed E-state index contributed by atoms with van der Waals surface area (Å²) in [5, 5.41) is 3.42. The third kappa shape index (κ3) is 3.98. The summed E-state index contributed by atoms with van der Waals surface area (Å²) in [6.45, 7) is 5.28. The lowest BCUT2D eigenvalue weighted by atomic mass is 9.99. The van der Waals surface area contributed by atoms with Crippen LogP contribution in [0.15, 0.2) is 34.8 Å². The molecule has 0 radical (unpaired) electrons. The lowest BCUT2D eigenvalue weighted by Gasteiger charge is -2.10. The highest BCUT2D eigenvalue weighted by atomic mass is 79.9. The predicted molar refractivity (Wildman–Crippen MR) is 89.5 cm³/mol. The molecule has 1 heterocycles. The Morgan fingerprint density at radius 3 is 2.53 bits per heavy atom. The lowest BCUT2D eigenvalue weighted by molar-refractivity contribution is 0.734. The first-order valence-electron chi connectivity index (χ1n) is 6.37. The Morgan fingerprint density at radius 1 is 1.32 bits per heavy atom. The van der Waals surface area contributed by atoms with Crippen LogP contribution in [0.5, 0.6) is 0 Å². The number of anilines is 1. The van der Waals surface area contributed by atoms with Gasteiger partial charge in [-0.3, -0.25) is 0 Å². The zero-order valence-corrected chi connectivity index (χ0v) is 14.2. The van der Waals surface area contributed by atoms with E-state index in [0.29, 0.717) is 5.92 Å². The maximum Gasteiger partial charge on any atom is 0.107 e. The number of nitrogens with one attached hydrogen (secondary N) is 1. The fourth-order valence-corrected chi connectivity index (χ4v) is 3.56. The topological polar surface area (TPSA) is 12.0 Å². The largest absolute Gasteiger partial charge is 0.380 e. The summed E-state index contributed by atoms with van der Waals surface area (Å²) in [7, 11) is 0. The minimum absolute atomic E-state index is 0.626. The van der Waals surface area contributed by atoms with Crippen LogP contribution in [0.3, 0.4) is 0 Å². The average molecular weight is 359 g/mol. The second-order valence-electron chi connectivity index (χ2n) is 4.62. The number of rotatable bonds is 5. The van der Waals surface area contributed by atoms with E-state index in [-0.39, 0.29) is 0 Å². The summed E-state index contributed by atoms with van der Waals surface area (Å²) in [5.74, 6) is 0.626. The molecule has 0 saturated heterocycles. The molecule has 2 aromatic rings. The molecule has 0 aliphatic rings. The van der Waals surface area contributed by atoms with Crippen LogP contribution in [0, 0.1) is 0 Å². The zero-order chi connectivity index (χ0) is 13.8. The van der Waals surface area contributed by atoms with E-state index in [1.165, 1.54) is 16.9 Å². The minimum atomic E-state index is 0.626. The van der Waals surface area contributed by atoms with Crippen molar-refractivity contribution in [2.45, 2.75) is 32.7 Å². The van der Waals surface area contributed by atoms with Crippen molar-refractivity contribution in [3.05, 3.63) is 49.6 Å². The molecule has 1 aromatic carbocycles. The van der Waals surface area contributed by atoms with E-state index in [0.717, 1.165) is 21.0 Å². The molecule has 1 aromatic heterocycles. The molecule has 0 saturated carbocycles. The summed E-state index contributed by atoms with van der Waals surface area (Å²) in [6.07, 6.45) is 1.18. The van der Waals surface area contributed by atoms with Gasteiger partial charge in [-0.05, 0) is 52.0 Å². The second-order valence-corrected chi connectivity index (χ2v) is 7.21. The highest BCUT2D eigenvalue weighted by Crippen LogP contribution is 2.32. The monoisotopic (exact) mass is 357 g/mol. The molecule has 1 atom stereocenters. The van der Waals surface area contributed by atoms with Crippen molar-refractivity contribution >= 4 is 44.6 Å². The maximum absolute atomic E-state index is 6.03. The van der Waals surface area contributed by atoms with E-state index in [4.69, 9.17) is 11.6 Å². The van der Waals surface area contributed by atoms with Gasteiger partial charge in [0.25, 0.3) is 0 Å². The Bertz CT molecular complexity index is 516. The molecule has 0 spiro atoms. The van der Waals surface area contributed by atoms with Crippen molar-refractivity contribution < 1.29 is 0 Å². The van der Waals surface area contributed by atoms with Crippen molar-refractivity contribution in [2.24, 2.45) is 0 Å². The molecular formula is C15H17BrClNS. The first-order chi connectivity index (χ1) is 9.10. The smallest absolute Gasteiger partial charge is 0.107 e. The van der Waals surface area contributed by atoms with E-state index >= 15 is 0 Å². The summed E-state index contributed by atoms with van der Waals surface area (Å²) in [5.41, 5.74) is 2.54. The Morgan fingerprint density at radius 2 is 2.00 bits per heavy atom. The SMILES string of the molecule is CCC(C)c1ccc(NCc2cc(Br)c(Cl)s2)cc1. The highest BCUT2D eigenvalue weighted by Gasteiger charge is 2.05. The van der Waals surface area contributed by atoms with Gasteiger partial charge in [-0.25, -0.2) is 0 Å². The Labute approximate surface area is 132 Å². The van der Waals surface area contributed by atoms with Gasteiger partial charge in [0.2, 0.25) is 0 Å². The Balaban J connectivity index is 1.96. The van der Waals surface area contributed by atoms with Crippen molar-refractivity contribution in [1.82, 2.24) is 0 Å². The van der Waals surface area contributed by atoms with Crippen LogP contribution in [0.1, 0.15) is 36.6 Å². The molecular weight excluding hydrogens is 342 g/mol. The number of thiophene rings is 1. The first-order valence-corrected chi connectivity index (χ1v) is 8.36. The molecule has 0 fully saturated rings. The van der Waals surface area contributed by atoms with E-state index < -0.39 is 0 Å². The molecule has 0 bridgehead atoms. The summed E-state index contributed by atoms with van der Waals surface area (Å²) in [6, 6.07) is 10.8. The molecule has 0 aliphatic heterocycles. The van der Waals surface area contributed by atoms with Crippen LogP contribution in [0.4, 0.5) is 5.69 Å². The molecule has 1 nitrogen and oxygen atoms in total. The van der Waals surface area contributed by atoms with Gasteiger partial charge in [0.15, 0.2) is 0 Å². The number of benzene rings is 1. The third-order valence-corrected chi connectivity index (χ3v) is 5.73. The van der Waals surface area contributed by atoms with E-state index in [1.807, 2.05) is 0 Å². The lowest BCUT2D eigenvalue weighted by Crippen LogP contribution is -1.98. The van der Waals surface area contributed by atoms with E-state index in [9.17, 15) is 0 Å². The predicted octanol–water partition coefficient (Wildman–Crippen LogP) is 6.29. The average Bonchev–Trinajstić information content (AvgIpc) is 2.75. The van der Waals surface area contributed by atoms with Gasteiger partial charge >= 0.3 is 0 Å². The van der Waals surface area contributed by atoms with Gasteiger partial charge < -0.3 is 5.32 Å². The fourth-order valence-electron chi connectivity index (χ4n) is 1.83. The van der Waals surface area contributed by atoms with Gasteiger partial charge in [-0.1, -0.05) is 37.6 Å². The third-order valence-electron chi connectivity index (χ3n) is 3.26. The molecule has 1 unspecified atom stereocenters. The Hall–Kier alpha value is -0.510. The summed E-state index contributed by atoms with van der Waals surface area (Å²) < 4.78 is 1.78. The van der Waals surface area contributed by atoms with Crippen molar-refractivity contribution in [2.75, 3.05) is 5.32 Å². The van der Waals surface area contributed by atoms with Gasteiger partial charge in [-0.2, -0.15) is 0 Å². The molecule has 0 aliphatic carbocycles. The molecule has 19 heavy (non-hydrogen) atoms. The van der Waals surface area contributed by atoms with Gasteiger partial charge in [-0.15, -0.1) is 11.3 Å². The van der Waals surface area contributed by atoms with Gasteiger partial charge in [0, 0.05) is 21.6 Å². The highest BCUT2D eigenvalue weighted by molar-refractivity contribution is 9.10. The molecule has 0 amide bonds. The standard InChI is InChI=1S/C15H17BrClNS/c1-3-10(2)11-4-6-12(7-5-11)18-9-13-8-14(16)15(17)19-13/h4-8,10,18H,3,9H2,1-2H3. The molecule has 1 N–H and O–H groups in total. The van der Waals surface area contributed by atoms with E-state index in [2.05, 4.69) is 65.4 Å². The molecule has 102 valence electrons. The van der Waals surface area contributed by atoms with E-state index in [1.54, 1.807) is 11.3 Å². The summed E-state index contributed by atoms with van der Waals surface area (Å²) in [4.78, 5) is 1.22. The normalized spacial score (nSPS) is 12.4. The zero-order valence-electron chi connectivity index (χ0n) is 11.0. The van der Waals surface area contributed by atoms with Crippen LogP contribution < -0.4 is 5.32 Å². The molecule has 2 rings (SSSR count). The maximum atomic E-state index is 6.03. The first kappa shape index (κ1) is 14.9. The minimum Gasteiger partial charge on any atom is -0.380 e. The van der Waals surface area contributed by atoms with Gasteiger partial charge in [0.1, 0.15) is 4.34 Å². The fraction of sp³-hybridized carbons (Fsp3) is 0.333. The van der Waals surface area contributed by atoms with Crippen LogP contribution >= 0.6 is 38.9 Å². The van der Waals surface area contributed by atoms with Crippen LogP contribution in [-0.4, -0.2) is 0 Å². The van der Waals surface area contributed by atoms with Crippen LogP contribution in [-0.2, 0) is 6.54 Å². The van der Waals surface area contributed by atoms with Crippen molar-refractivity contribution in [3.8, 4) is 0 Å². The van der Waals surface area contributed by atoms with Crippen LogP contribution in [0.2, 0.25) is 4.34 Å². The number of hydrogen-bond acceptors (Lipinski definition) is 2. The second kappa shape index (κ2) is 6.78. The number of hydrogen-bond donors (Lipinski definition) is 1. The van der Waals surface area contributed by atoms with Crippen LogP contribution in [0.25, 0.3) is 0 Å². The molecule has 4 heteroatoms. The number of halogens is 2. The Kier molecular flexibility index (Phi) is 5.31. The van der Waals surface area contributed by atoms with Crippen molar-refractivity contribution in [3.63, 3.8) is 0 Å².